The first-order valence-electron chi connectivity index (χ1n) is 3.29. The van der Waals surface area contributed by atoms with Crippen LogP contribution in [0, 0.1) is 0 Å². The van der Waals surface area contributed by atoms with Gasteiger partial charge in [-0.05, 0) is 6.92 Å². The first kappa shape index (κ1) is 10.1. The minimum absolute atomic E-state index is 0.154. The van der Waals surface area contributed by atoms with E-state index in [0.717, 1.165) is 6.08 Å². The highest BCUT2D eigenvalue weighted by Gasteiger charge is 2.04. The third-order valence-corrected chi connectivity index (χ3v) is 0.894. The molecule has 0 aliphatic heterocycles. The van der Waals surface area contributed by atoms with Crippen LogP contribution < -0.4 is 0 Å². The predicted octanol–water partition coefficient (Wildman–Crippen LogP) is 0.0705. The van der Waals surface area contributed by atoms with Crippen LogP contribution in [-0.4, -0.2) is 30.6 Å². The Morgan fingerprint density at radius 3 is 2.91 bits per heavy atom. The van der Waals surface area contributed by atoms with Gasteiger partial charge in [-0.25, -0.2) is 4.79 Å². The van der Waals surface area contributed by atoms with Crippen LogP contribution in [-0.2, 0) is 14.3 Å². The van der Waals surface area contributed by atoms with Gasteiger partial charge in [0, 0.05) is 12.7 Å². The molecular formula is C7H12O4. The standard InChI is InChI=1S/C7H12O4/c1-3-6(8)11-5-7(9)10-4-2/h3,7,9H,1,4-5H2,2H3. The molecular weight excluding hydrogens is 148 g/mol. The Bertz CT molecular complexity index is 132. The van der Waals surface area contributed by atoms with E-state index in [0.29, 0.717) is 6.61 Å². The summed E-state index contributed by atoms with van der Waals surface area (Å²) in [4.78, 5) is 10.4. The zero-order valence-electron chi connectivity index (χ0n) is 6.45. The van der Waals surface area contributed by atoms with E-state index in [9.17, 15) is 4.79 Å². The fourth-order valence-electron chi connectivity index (χ4n) is 0.453. The van der Waals surface area contributed by atoms with E-state index in [1.165, 1.54) is 0 Å². The maximum absolute atomic E-state index is 10.4. The van der Waals surface area contributed by atoms with Gasteiger partial charge in [-0.1, -0.05) is 6.58 Å². The van der Waals surface area contributed by atoms with Crippen LogP contribution in [0.2, 0.25) is 0 Å². The Morgan fingerprint density at radius 2 is 2.45 bits per heavy atom. The third kappa shape index (κ3) is 5.57. The van der Waals surface area contributed by atoms with Crippen molar-refractivity contribution in [2.24, 2.45) is 0 Å². The monoisotopic (exact) mass is 160 g/mol. The Hall–Kier alpha value is -0.870. The molecule has 0 saturated carbocycles. The minimum atomic E-state index is -1.04. The number of carbonyl (C=O) groups excluding carboxylic acids is 1. The van der Waals surface area contributed by atoms with Crippen molar-refractivity contribution in [2.45, 2.75) is 13.2 Å². The molecule has 4 heteroatoms. The molecule has 1 atom stereocenters. The first-order valence-corrected chi connectivity index (χ1v) is 3.29. The summed E-state index contributed by atoms with van der Waals surface area (Å²) in [5.74, 6) is -0.566. The number of ether oxygens (including phenoxy) is 2. The van der Waals surface area contributed by atoms with Crippen LogP contribution in [0.4, 0.5) is 0 Å². The zero-order chi connectivity index (χ0) is 8.69. The van der Waals surface area contributed by atoms with Crippen LogP contribution >= 0.6 is 0 Å². The predicted molar refractivity (Wildman–Crippen MR) is 38.8 cm³/mol. The average Bonchev–Trinajstić information content (AvgIpc) is 2.01. The van der Waals surface area contributed by atoms with Gasteiger partial charge in [0.05, 0.1) is 0 Å². The topological polar surface area (TPSA) is 55.8 Å². The van der Waals surface area contributed by atoms with Gasteiger partial charge in [0.1, 0.15) is 6.61 Å². The van der Waals surface area contributed by atoms with Gasteiger partial charge >= 0.3 is 5.97 Å². The first-order chi connectivity index (χ1) is 5.20. The molecule has 0 aromatic heterocycles. The van der Waals surface area contributed by atoms with Gasteiger partial charge < -0.3 is 14.6 Å². The van der Waals surface area contributed by atoms with Gasteiger partial charge in [-0.2, -0.15) is 0 Å². The molecule has 0 aromatic carbocycles. The van der Waals surface area contributed by atoms with E-state index in [4.69, 9.17) is 5.11 Å². The van der Waals surface area contributed by atoms with Crippen molar-refractivity contribution in [3.63, 3.8) is 0 Å². The molecule has 1 unspecified atom stereocenters. The molecule has 0 bridgehead atoms. The third-order valence-electron chi connectivity index (χ3n) is 0.894. The molecule has 0 radical (unpaired) electrons. The molecule has 11 heavy (non-hydrogen) atoms. The average molecular weight is 160 g/mol. The molecule has 0 saturated heterocycles. The molecule has 0 heterocycles. The highest BCUT2D eigenvalue weighted by Crippen LogP contribution is 1.88. The number of esters is 1. The summed E-state index contributed by atoms with van der Waals surface area (Å²) < 4.78 is 9.15. The second kappa shape index (κ2) is 5.88. The number of rotatable bonds is 5. The van der Waals surface area contributed by atoms with Crippen LogP contribution in [0.1, 0.15) is 6.92 Å². The van der Waals surface area contributed by atoms with Crippen LogP contribution in [0.3, 0.4) is 0 Å². The van der Waals surface area contributed by atoms with Crippen molar-refractivity contribution in [2.75, 3.05) is 13.2 Å². The molecule has 0 rings (SSSR count). The number of aliphatic hydroxyl groups is 1. The van der Waals surface area contributed by atoms with E-state index in [2.05, 4.69) is 16.1 Å². The van der Waals surface area contributed by atoms with E-state index in [1.807, 2.05) is 0 Å². The number of hydrogen-bond acceptors (Lipinski definition) is 4. The van der Waals surface area contributed by atoms with Crippen molar-refractivity contribution >= 4 is 5.97 Å². The van der Waals surface area contributed by atoms with E-state index >= 15 is 0 Å². The quantitative estimate of drug-likeness (QED) is 0.351. The summed E-state index contributed by atoms with van der Waals surface area (Å²) >= 11 is 0. The van der Waals surface area contributed by atoms with Crippen molar-refractivity contribution in [1.29, 1.82) is 0 Å². The summed E-state index contributed by atoms with van der Waals surface area (Å²) in [6.45, 7) is 5.15. The van der Waals surface area contributed by atoms with E-state index in [-0.39, 0.29) is 6.61 Å². The molecule has 4 nitrogen and oxygen atoms in total. The largest absolute Gasteiger partial charge is 0.457 e. The molecule has 0 aliphatic carbocycles. The van der Waals surface area contributed by atoms with Gasteiger partial charge in [-0.3, -0.25) is 0 Å². The Balaban J connectivity index is 3.37. The second-order valence-corrected chi connectivity index (χ2v) is 1.74. The number of aliphatic hydroxyl groups excluding tert-OH is 1. The highest BCUT2D eigenvalue weighted by atomic mass is 16.6. The van der Waals surface area contributed by atoms with Crippen LogP contribution in [0.5, 0.6) is 0 Å². The van der Waals surface area contributed by atoms with E-state index in [1.54, 1.807) is 6.92 Å². The van der Waals surface area contributed by atoms with Crippen molar-refractivity contribution in [3.8, 4) is 0 Å². The normalized spacial score (nSPS) is 12.2. The zero-order valence-corrected chi connectivity index (χ0v) is 6.45. The summed E-state index contributed by atoms with van der Waals surface area (Å²) in [7, 11) is 0. The van der Waals surface area contributed by atoms with Gasteiger partial charge in [0.2, 0.25) is 0 Å². The molecule has 0 fully saturated rings. The SMILES string of the molecule is C=CC(=O)OCC(O)OCC. The lowest BCUT2D eigenvalue weighted by Crippen LogP contribution is -2.20. The highest BCUT2D eigenvalue weighted by molar-refractivity contribution is 5.81. The Morgan fingerprint density at radius 1 is 1.82 bits per heavy atom. The lowest BCUT2D eigenvalue weighted by Gasteiger charge is -2.09. The molecule has 0 aliphatic rings. The van der Waals surface area contributed by atoms with Gasteiger partial charge in [0.15, 0.2) is 6.29 Å². The number of hydrogen-bond donors (Lipinski definition) is 1. The Labute approximate surface area is 65.4 Å². The lowest BCUT2D eigenvalue weighted by molar-refractivity contribution is -0.160. The smallest absolute Gasteiger partial charge is 0.330 e. The maximum atomic E-state index is 10.4. The molecule has 0 aromatic rings. The van der Waals surface area contributed by atoms with Crippen molar-refractivity contribution < 1.29 is 19.4 Å². The molecule has 64 valence electrons. The summed E-state index contributed by atoms with van der Waals surface area (Å²) in [6, 6.07) is 0. The van der Waals surface area contributed by atoms with Crippen LogP contribution in [0.15, 0.2) is 12.7 Å². The maximum Gasteiger partial charge on any atom is 0.330 e. The van der Waals surface area contributed by atoms with E-state index < -0.39 is 12.3 Å². The van der Waals surface area contributed by atoms with Crippen LogP contribution in [0.25, 0.3) is 0 Å². The fraction of sp³-hybridized carbons (Fsp3) is 0.571. The Kier molecular flexibility index (Phi) is 5.42. The van der Waals surface area contributed by atoms with Gasteiger partial charge in [-0.15, -0.1) is 0 Å². The molecule has 0 amide bonds. The summed E-state index contributed by atoms with van der Waals surface area (Å²) in [6.07, 6.45) is -0.0116. The fourth-order valence-corrected chi connectivity index (χ4v) is 0.453. The van der Waals surface area contributed by atoms with Crippen molar-refractivity contribution in [1.82, 2.24) is 0 Å². The van der Waals surface area contributed by atoms with Gasteiger partial charge in [0.25, 0.3) is 0 Å². The summed E-state index contributed by atoms with van der Waals surface area (Å²) in [5.41, 5.74) is 0. The van der Waals surface area contributed by atoms with Crippen molar-refractivity contribution in [3.05, 3.63) is 12.7 Å². The molecule has 1 N–H and O–H groups in total. The lowest BCUT2D eigenvalue weighted by atomic mass is 10.6. The molecule has 0 spiro atoms. The number of carbonyl (C=O) groups is 1. The second-order valence-electron chi connectivity index (χ2n) is 1.74. The minimum Gasteiger partial charge on any atom is -0.457 e. The summed E-state index contributed by atoms with van der Waals surface area (Å²) in [5, 5.41) is 8.86.